The van der Waals surface area contributed by atoms with E-state index < -0.39 is 0 Å². The normalized spacial score (nSPS) is 10.9. The molecule has 0 amide bonds. The van der Waals surface area contributed by atoms with Crippen LogP contribution in [0, 0.1) is 0 Å². The Kier molecular flexibility index (Phi) is 14.3. The highest BCUT2D eigenvalue weighted by Gasteiger charge is 1.97. The molecule has 0 aliphatic rings. The number of methoxy groups -OCH3 is 2. The van der Waals surface area contributed by atoms with Gasteiger partial charge in [-0.05, 0) is 87.3 Å². The third-order valence-electron chi connectivity index (χ3n) is 5.96. The van der Waals surface area contributed by atoms with Crippen molar-refractivity contribution >= 4 is 0 Å². The van der Waals surface area contributed by atoms with Crippen molar-refractivity contribution < 1.29 is 9.47 Å². The second-order valence-corrected chi connectivity index (χ2v) is 8.52. The van der Waals surface area contributed by atoms with Crippen LogP contribution in [0.3, 0.4) is 0 Å². The summed E-state index contributed by atoms with van der Waals surface area (Å²) in [5.74, 6) is 1.86. The van der Waals surface area contributed by atoms with Crippen molar-refractivity contribution in [3.8, 4) is 11.5 Å². The minimum atomic E-state index is 0.930. The van der Waals surface area contributed by atoms with E-state index in [-0.39, 0.29) is 0 Å². The average Bonchev–Trinajstić information content (AvgIpc) is 2.84. The molecule has 0 saturated carbocycles. The minimum absolute atomic E-state index is 0.930. The summed E-state index contributed by atoms with van der Waals surface area (Å²) in [5, 5.41) is 7.14. The first-order valence-electron chi connectivity index (χ1n) is 12.5. The highest BCUT2D eigenvalue weighted by Crippen LogP contribution is 2.12. The SMILES string of the molecule is COc1ccc(CCNCCCCCCCCCCNCCc2ccc(OC)cc2)cc1. The summed E-state index contributed by atoms with van der Waals surface area (Å²) in [5.41, 5.74) is 2.73. The molecule has 2 aromatic rings. The van der Waals surface area contributed by atoms with Crippen molar-refractivity contribution in [2.75, 3.05) is 40.4 Å². The molecule has 0 aliphatic heterocycles. The molecule has 4 nitrogen and oxygen atoms in total. The molecule has 2 rings (SSSR count). The number of hydrogen-bond acceptors (Lipinski definition) is 4. The van der Waals surface area contributed by atoms with Crippen LogP contribution in [-0.4, -0.2) is 40.4 Å². The summed E-state index contributed by atoms with van der Waals surface area (Å²) in [6.45, 7) is 4.39. The zero-order valence-electron chi connectivity index (χ0n) is 20.3. The summed E-state index contributed by atoms with van der Waals surface area (Å²) in [6, 6.07) is 16.8. The summed E-state index contributed by atoms with van der Waals surface area (Å²) >= 11 is 0. The van der Waals surface area contributed by atoms with E-state index in [1.165, 1.54) is 62.5 Å². The minimum Gasteiger partial charge on any atom is -0.497 e. The fourth-order valence-electron chi connectivity index (χ4n) is 3.86. The van der Waals surface area contributed by atoms with Crippen molar-refractivity contribution in [1.82, 2.24) is 10.6 Å². The molecule has 32 heavy (non-hydrogen) atoms. The van der Waals surface area contributed by atoms with Gasteiger partial charge in [-0.3, -0.25) is 0 Å². The van der Waals surface area contributed by atoms with E-state index in [0.29, 0.717) is 0 Å². The Hall–Kier alpha value is -2.04. The van der Waals surface area contributed by atoms with Crippen molar-refractivity contribution in [1.29, 1.82) is 0 Å². The third-order valence-corrected chi connectivity index (χ3v) is 5.96. The molecule has 0 spiro atoms. The van der Waals surface area contributed by atoms with E-state index in [4.69, 9.17) is 9.47 Å². The van der Waals surface area contributed by atoms with Crippen LogP contribution in [0.25, 0.3) is 0 Å². The van der Waals surface area contributed by atoms with Crippen molar-refractivity contribution in [3.63, 3.8) is 0 Å². The van der Waals surface area contributed by atoms with Gasteiger partial charge in [0.1, 0.15) is 11.5 Å². The van der Waals surface area contributed by atoms with E-state index in [2.05, 4.69) is 34.9 Å². The van der Waals surface area contributed by atoms with Crippen LogP contribution in [0.1, 0.15) is 62.5 Å². The lowest BCUT2D eigenvalue weighted by Crippen LogP contribution is -2.18. The van der Waals surface area contributed by atoms with Crippen LogP contribution >= 0.6 is 0 Å². The molecule has 0 aliphatic carbocycles. The predicted octanol–water partition coefficient (Wildman–Crippen LogP) is 5.79. The molecule has 0 unspecified atom stereocenters. The number of hydrogen-bond donors (Lipinski definition) is 2. The maximum absolute atomic E-state index is 5.20. The fraction of sp³-hybridized carbons (Fsp3) is 0.571. The topological polar surface area (TPSA) is 42.5 Å². The van der Waals surface area contributed by atoms with Gasteiger partial charge < -0.3 is 20.1 Å². The van der Waals surface area contributed by atoms with Crippen molar-refractivity contribution in [3.05, 3.63) is 59.7 Å². The van der Waals surface area contributed by atoms with Crippen LogP contribution in [0.2, 0.25) is 0 Å². The Labute approximate surface area is 196 Å². The zero-order chi connectivity index (χ0) is 22.7. The fourth-order valence-corrected chi connectivity index (χ4v) is 3.86. The largest absolute Gasteiger partial charge is 0.497 e. The number of unbranched alkanes of at least 4 members (excludes halogenated alkanes) is 7. The van der Waals surface area contributed by atoms with Gasteiger partial charge in [-0.1, -0.05) is 62.8 Å². The van der Waals surface area contributed by atoms with Crippen LogP contribution in [0.5, 0.6) is 11.5 Å². The maximum atomic E-state index is 5.20. The van der Waals surface area contributed by atoms with Gasteiger partial charge >= 0.3 is 0 Å². The molecule has 0 atom stereocenters. The Bertz CT molecular complexity index is 624. The first-order valence-corrected chi connectivity index (χ1v) is 12.5. The molecule has 178 valence electrons. The Morgan fingerprint density at radius 1 is 0.469 bits per heavy atom. The van der Waals surface area contributed by atoms with Gasteiger partial charge in [0.05, 0.1) is 14.2 Å². The van der Waals surface area contributed by atoms with Crippen LogP contribution < -0.4 is 20.1 Å². The van der Waals surface area contributed by atoms with Gasteiger partial charge in [0, 0.05) is 0 Å². The second kappa shape index (κ2) is 17.5. The van der Waals surface area contributed by atoms with E-state index in [1.807, 2.05) is 24.3 Å². The predicted molar refractivity (Wildman–Crippen MR) is 136 cm³/mol. The summed E-state index contributed by atoms with van der Waals surface area (Å²) in [7, 11) is 3.42. The number of nitrogens with one attached hydrogen (secondary N) is 2. The van der Waals surface area contributed by atoms with Crippen LogP contribution in [0.4, 0.5) is 0 Å². The average molecular weight is 441 g/mol. The molecule has 0 bridgehead atoms. The molecule has 0 saturated heterocycles. The van der Waals surface area contributed by atoms with Gasteiger partial charge in [-0.25, -0.2) is 0 Å². The molecular formula is C28H44N2O2. The molecular weight excluding hydrogens is 396 g/mol. The van der Waals surface area contributed by atoms with Crippen LogP contribution in [0.15, 0.2) is 48.5 Å². The smallest absolute Gasteiger partial charge is 0.118 e. The van der Waals surface area contributed by atoms with Crippen molar-refractivity contribution in [2.45, 2.75) is 64.2 Å². The molecule has 0 heterocycles. The molecule has 0 fully saturated rings. The Morgan fingerprint density at radius 3 is 1.16 bits per heavy atom. The van der Waals surface area contributed by atoms with E-state index in [1.54, 1.807) is 14.2 Å². The monoisotopic (exact) mass is 440 g/mol. The highest BCUT2D eigenvalue weighted by molar-refractivity contribution is 5.28. The number of rotatable bonds is 19. The Balaban J connectivity index is 1.29. The molecule has 2 aromatic carbocycles. The number of benzene rings is 2. The lowest BCUT2D eigenvalue weighted by Gasteiger charge is -2.07. The van der Waals surface area contributed by atoms with Gasteiger partial charge in [0.15, 0.2) is 0 Å². The van der Waals surface area contributed by atoms with Gasteiger partial charge in [0.25, 0.3) is 0 Å². The quantitative estimate of drug-likeness (QED) is 0.271. The van der Waals surface area contributed by atoms with Gasteiger partial charge in [-0.2, -0.15) is 0 Å². The zero-order valence-corrected chi connectivity index (χ0v) is 20.3. The Morgan fingerprint density at radius 2 is 0.812 bits per heavy atom. The number of ether oxygens (including phenoxy) is 2. The van der Waals surface area contributed by atoms with Crippen LogP contribution in [-0.2, 0) is 12.8 Å². The lowest BCUT2D eigenvalue weighted by atomic mass is 10.1. The highest BCUT2D eigenvalue weighted by atomic mass is 16.5. The molecule has 4 heteroatoms. The molecule has 0 radical (unpaired) electrons. The first-order chi connectivity index (χ1) is 15.8. The first kappa shape index (κ1) is 26.2. The summed E-state index contributed by atoms with van der Waals surface area (Å²) in [6.07, 6.45) is 13.0. The maximum Gasteiger partial charge on any atom is 0.118 e. The summed E-state index contributed by atoms with van der Waals surface area (Å²) in [4.78, 5) is 0. The summed E-state index contributed by atoms with van der Waals surface area (Å²) < 4.78 is 10.4. The lowest BCUT2D eigenvalue weighted by molar-refractivity contribution is 0.414. The van der Waals surface area contributed by atoms with E-state index >= 15 is 0 Å². The van der Waals surface area contributed by atoms with E-state index in [9.17, 15) is 0 Å². The van der Waals surface area contributed by atoms with Gasteiger partial charge in [0.2, 0.25) is 0 Å². The molecule has 2 N–H and O–H groups in total. The van der Waals surface area contributed by atoms with Crippen molar-refractivity contribution in [2.24, 2.45) is 0 Å². The second-order valence-electron chi connectivity index (χ2n) is 8.52. The van der Waals surface area contributed by atoms with E-state index in [0.717, 1.165) is 50.5 Å². The molecule has 0 aromatic heterocycles. The van der Waals surface area contributed by atoms with Gasteiger partial charge in [-0.15, -0.1) is 0 Å². The third kappa shape index (κ3) is 12.1. The standard InChI is InChI=1S/C28H44N2O2/c1-31-27-15-11-25(12-16-27)19-23-29-21-9-7-5-3-4-6-8-10-22-30-24-20-26-13-17-28(32-2)18-14-26/h11-18,29-30H,3-10,19-24H2,1-2H3.